The molecule has 1 atom stereocenters. The normalized spacial score (nSPS) is 12.6. The summed E-state index contributed by atoms with van der Waals surface area (Å²) < 4.78 is 0. The second-order valence-corrected chi connectivity index (χ2v) is 5.37. The molecule has 102 valence electrons. The van der Waals surface area contributed by atoms with Crippen LogP contribution in [0.1, 0.15) is 64.4 Å². The van der Waals surface area contributed by atoms with Gasteiger partial charge < -0.3 is 5.11 Å². The third kappa shape index (κ3) is 6.09. The second-order valence-electron chi connectivity index (χ2n) is 5.37. The van der Waals surface area contributed by atoms with Crippen LogP contribution in [0.4, 0.5) is 0 Å². The van der Waals surface area contributed by atoms with E-state index in [9.17, 15) is 5.11 Å². The Kier molecular flexibility index (Phi) is 7.55. The molecule has 0 saturated carbocycles. The molecule has 0 spiro atoms. The Morgan fingerprint density at radius 3 is 2.22 bits per heavy atom. The molecule has 0 aromatic heterocycles. The lowest BCUT2D eigenvalue weighted by Crippen LogP contribution is -2.04. The van der Waals surface area contributed by atoms with Crippen LogP contribution < -0.4 is 0 Å². The number of phenols is 1. The topological polar surface area (TPSA) is 20.2 Å². The minimum atomic E-state index is 0.369. The summed E-state index contributed by atoms with van der Waals surface area (Å²) in [4.78, 5) is 0. The molecule has 1 nitrogen and oxygen atoms in total. The molecular formula is C17H28O. The highest BCUT2D eigenvalue weighted by Gasteiger charge is 2.08. The van der Waals surface area contributed by atoms with Crippen molar-refractivity contribution in [2.45, 2.75) is 65.2 Å². The standard InChI is InChI=1S/C17H28O/c1-3-5-6-7-9-15(8-4-2)14-16-10-12-17(18)13-11-16/h10-13,15,18H,3-9,14H2,1-2H3. The van der Waals surface area contributed by atoms with Crippen molar-refractivity contribution in [3.8, 4) is 5.75 Å². The molecule has 1 unspecified atom stereocenters. The molecule has 1 N–H and O–H groups in total. The Hall–Kier alpha value is -0.980. The first-order valence-corrected chi connectivity index (χ1v) is 7.54. The van der Waals surface area contributed by atoms with E-state index in [1.807, 2.05) is 0 Å². The van der Waals surface area contributed by atoms with E-state index < -0.39 is 0 Å². The van der Waals surface area contributed by atoms with Crippen LogP contribution in [0, 0.1) is 5.92 Å². The van der Waals surface area contributed by atoms with E-state index in [4.69, 9.17) is 0 Å². The summed E-state index contributed by atoms with van der Waals surface area (Å²) in [6.45, 7) is 4.54. The number of hydrogen-bond donors (Lipinski definition) is 1. The van der Waals surface area contributed by atoms with E-state index in [-0.39, 0.29) is 0 Å². The van der Waals surface area contributed by atoms with E-state index in [1.54, 1.807) is 12.1 Å². The average Bonchev–Trinajstić information content (AvgIpc) is 2.37. The van der Waals surface area contributed by atoms with E-state index >= 15 is 0 Å². The number of aromatic hydroxyl groups is 1. The van der Waals surface area contributed by atoms with Gasteiger partial charge in [0.1, 0.15) is 5.75 Å². The molecule has 1 rings (SSSR count). The number of rotatable bonds is 9. The minimum absolute atomic E-state index is 0.369. The van der Waals surface area contributed by atoms with Crippen LogP contribution in [0.3, 0.4) is 0 Å². The lowest BCUT2D eigenvalue weighted by molar-refractivity contribution is 0.418. The fourth-order valence-electron chi connectivity index (χ4n) is 2.58. The molecule has 0 aliphatic heterocycles. The van der Waals surface area contributed by atoms with Crippen LogP contribution in [0.15, 0.2) is 24.3 Å². The highest BCUT2D eigenvalue weighted by Crippen LogP contribution is 2.22. The molecule has 0 saturated heterocycles. The summed E-state index contributed by atoms with van der Waals surface area (Å²) >= 11 is 0. The Bertz CT molecular complexity index is 302. The van der Waals surface area contributed by atoms with Gasteiger partial charge in [-0.25, -0.2) is 0 Å². The zero-order valence-corrected chi connectivity index (χ0v) is 12.0. The maximum Gasteiger partial charge on any atom is 0.115 e. The number of unbranched alkanes of at least 4 members (excludes halogenated alkanes) is 3. The van der Waals surface area contributed by atoms with Crippen LogP contribution in [-0.2, 0) is 6.42 Å². The monoisotopic (exact) mass is 248 g/mol. The highest BCUT2D eigenvalue weighted by atomic mass is 16.3. The molecule has 18 heavy (non-hydrogen) atoms. The van der Waals surface area contributed by atoms with Gasteiger partial charge >= 0.3 is 0 Å². The fourth-order valence-corrected chi connectivity index (χ4v) is 2.58. The molecule has 0 aliphatic carbocycles. The van der Waals surface area contributed by atoms with Crippen molar-refractivity contribution in [3.63, 3.8) is 0 Å². The van der Waals surface area contributed by atoms with Crippen molar-refractivity contribution in [1.82, 2.24) is 0 Å². The van der Waals surface area contributed by atoms with E-state index in [0.29, 0.717) is 5.75 Å². The van der Waals surface area contributed by atoms with Crippen LogP contribution in [0.25, 0.3) is 0 Å². The zero-order chi connectivity index (χ0) is 13.2. The summed E-state index contributed by atoms with van der Waals surface area (Å²) in [5, 5.41) is 9.29. The predicted molar refractivity (Wildman–Crippen MR) is 79.0 cm³/mol. The zero-order valence-electron chi connectivity index (χ0n) is 12.0. The first-order chi connectivity index (χ1) is 8.76. The second kappa shape index (κ2) is 9.02. The van der Waals surface area contributed by atoms with Crippen molar-refractivity contribution < 1.29 is 5.11 Å². The van der Waals surface area contributed by atoms with Gasteiger partial charge in [-0.2, -0.15) is 0 Å². The largest absolute Gasteiger partial charge is 0.508 e. The van der Waals surface area contributed by atoms with E-state index in [0.717, 1.165) is 5.92 Å². The van der Waals surface area contributed by atoms with Gasteiger partial charge in [0.15, 0.2) is 0 Å². The number of phenolic OH excluding ortho intramolecular Hbond substituents is 1. The molecule has 0 bridgehead atoms. The van der Waals surface area contributed by atoms with Crippen LogP contribution in [0.5, 0.6) is 5.75 Å². The minimum Gasteiger partial charge on any atom is -0.508 e. The van der Waals surface area contributed by atoms with Gasteiger partial charge in [-0.15, -0.1) is 0 Å². The molecule has 1 aromatic carbocycles. The predicted octanol–water partition coefficient (Wildman–Crippen LogP) is 5.32. The van der Waals surface area contributed by atoms with E-state index in [2.05, 4.69) is 26.0 Å². The average molecular weight is 248 g/mol. The van der Waals surface area contributed by atoms with E-state index in [1.165, 1.54) is 56.9 Å². The lowest BCUT2D eigenvalue weighted by Gasteiger charge is -2.16. The third-order valence-electron chi connectivity index (χ3n) is 3.62. The lowest BCUT2D eigenvalue weighted by atomic mass is 9.90. The first-order valence-electron chi connectivity index (χ1n) is 7.54. The Balaban J connectivity index is 2.38. The highest BCUT2D eigenvalue weighted by molar-refractivity contribution is 5.26. The fraction of sp³-hybridized carbons (Fsp3) is 0.647. The summed E-state index contributed by atoms with van der Waals surface area (Å²) in [6.07, 6.45) is 10.6. The van der Waals surface area contributed by atoms with Crippen molar-refractivity contribution >= 4 is 0 Å². The first kappa shape index (κ1) is 15.1. The maximum absolute atomic E-state index is 9.29. The molecule has 0 radical (unpaired) electrons. The summed E-state index contributed by atoms with van der Waals surface area (Å²) in [6, 6.07) is 7.72. The summed E-state index contributed by atoms with van der Waals surface area (Å²) in [5.41, 5.74) is 1.36. The van der Waals surface area contributed by atoms with Gasteiger partial charge in [0.25, 0.3) is 0 Å². The van der Waals surface area contributed by atoms with Gasteiger partial charge in [-0.3, -0.25) is 0 Å². The van der Waals surface area contributed by atoms with Crippen molar-refractivity contribution in [2.75, 3.05) is 0 Å². The summed E-state index contributed by atoms with van der Waals surface area (Å²) in [5.74, 6) is 1.19. The number of hydrogen-bond acceptors (Lipinski definition) is 1. The smallest absolute Gasteiger partial charge is 0.115 e. The summed E-state index contributed by atoms with van der Waals surface area (Å²) in [7, 11) is 0. The Morgan fingerprint density at radius 1 is 0.889 bits per heavy atom. The Labute approximate surface area is 112 Å². The molecule has 0 aliphatic rings. The van der Waals surface area contributed by atoms with Gasteiger partial charge in [0, 0.05) is 0 Å². The molecule has 0 amide bonds. The van der Waals surface area contributed by atoms with Gasteiger partial charge in [-0.1, -0.05) is 70.9 Å². The van der Waals surface area contributed by atoms with Crippen LogP contribution in [-0.4, -0.2) is 5.11 Å². The van der Waals surface area contributed by atoms with Gasteiger partial charge in [0.2, 0.25) is 0 Å². The van der Waals surface area contributed by atoms with Crippen molar-refractivity contribution in [2.24, 2.45) is 5.92 Å². The molecule has 0 fully saturated rings. The van der Waals surface area contributed by atoms with Crippen molar-refractivity contribution in [1.29, 1.82) is 0 Å². The third-order valence-corrected chi connectivity index (χ3v) is 3.62. The van der Waals surface area contributed by atoms with Crippen molar-refractivity contribution in [3.05, 3.63) is 29.8 Å². The quantitative estimate of drug-likeness (QED) is 0.586. The van der Waals surface area contributed by atoms with Gasteiger partial charge in [0.05, 0.1) is 0 Å². The Morgan fingerprint density at radius 2 is 1.61 bits per heavy atom. The van der Waals surface area contributed by atoms with Crippen LogP contribution in [0.2, 0.25) is 0 Å². The molecule has 1 aromatic rings. The molecule has 0 heterocycles. The SMILES string of the molecule is CCCCCCC(CCC)Cc1ccc(O)cc1. The van der Waals surface area contributed by atoms with Gasteiger partial charge in [-0.05, 0) is 30.0 Å². The van der Waals surface area contributed by atoms with Crippen LogP contribution >= 0.6 is 0 Å². The molecular weight excluding hydrogens is 220 g/mol. The molecule has 1 heteroatoms. The maximum atomic E-state index is 9.29. The number of benzene rings is 1.